The lowest BCUT2D eigenvalue weighted by Gasteiger charge is -2.07. The molecule has 1 nitrogen and oxygen atoms in total. The zero-order chi connectivity index (χ0) is 11.5. The molecule has 0 fully saturated rings. The normalized spacial score (nSPS) is 10.4. The lowest BCUT2D eigenvalue weighted by molar-refractivity contribution is 1.19. The van der Waals surface area contributed by atoms with Crippen LogP contribution in [0.3, 0.4) is 0 Å². The van der Waals surface area contributed by atoms with Gasteiger partial charge in [0.15, 0.2) is 0 Å². The molecule has 1 aromatic heterocycles. The van der Waals surface area contributed by atoms with Crippen LogP contribution < -0.4 is 5.32 Å². The number of hydrogen-bond acceptors (Lipinski definition) is 2. The van der Waals surface area contributed by atoms with Gasteiger partial charge in [-0.25, -0.2) is 0 Å². The van der Waals surface area contributed by atoms with Gasteiger partial charge in [0.05, 0.1) is 15.7 Å². The highest BCUT2D eigenvalue weighted by Gasteiger charge is 2.04. The van der Waals surface area contributed by atoms with Crippen molar-refractivity contribution in [2.45, 2.75) is 6.54 Å². The Hall–Kier alpha value is -0.220. The molecule has 2 aromatic rings. The summed E-state index contributed by atoms with van der Waals surface area (Å²) in [6.07, 6.45) is 0. The molecule has 0 bridgehead atoms. The number of nitrogens with one attached hydrogen (secondary N) is 1. The standard InChI is InChI=1S/C11H8BrCl2NS/c12-7-4-8(16-6-7)5-15-10-3-1-2-9(13)11(10)14/h1-4,6,15H,5H2. The molecular weight excluding hydrogens is 329 g/mol. The molecule has 1 N–H and O–H groups in total. The van der Waals surface area contributed by atoms with E-state index in [0.717, 1.165) is 16.7 Å². The molecule has 0 saturated heterocycles. The molecule has 84 valence electrons. The van der Waals surface area contributed by atoms with Crippen molar-refractivity contribution in [1.29, 1.82) is 0 Å². The molecule has 0 saturated carbocycles. The second-order valence-electron chi connectivity index (χ2n) is 3.19. The Bertz CT molecular complexity index is 498. The molecule has 1 aromatic carbocycles. The van der Waals surface area contributed by atoms with Crippen molar-refractivity contribution < 1.29 is 0 Å². The largest absolute Gasteiger partial charge is 0.379 e. The molecule has 5 heteroatoms. The molecule has 2 rings (SSSR count). The van der Waals surface area contributed by atoms with Crippen molar-refractivity contribution in [3.05, 3.63) is 49.0 Å². The van der Waals surface area contributed by atoms with Gasteiger partial charge < -0.3 is 5.32 Å². The average Bonchev–Trinajstić information content (AvgIpc) is 2.67. The average molecular weight is 337 g/mol. The van der Waals surface area contributed by atoms with Crippen LogP contribution in [-0.4, -0.2) is 0 Å². The van der Waals surface area contributed by atoms with Gasteiger partial charge in [-0.15, -0.1) is 11.3 Å². The fraction of sp³-hybridized carbons (Fsp3) is 0.0909. The van der Waals surface area contributed by atoms with Crippen LogP contribution >= 0.6 is 50.5 Å². The van der Waals surface area contributed by atoms with Crippen LogP contribution in [0.15, 0.2) is 34.1 Å². The van der Waals surface area contributed by atoms with Gasteiger partial charge >= 0.3 is 0 Å². The minimum Gasteiger partial charge on any atom is -0.379 e. The predicted octanol–water partition coefficient (Wildman–Crippen LogP) is 5.43. The molecule has 0 aliphatic rings. The van der Waals surface area contributed by atoms with Gasteiger partial charge in [0.25, 0.3) is 0 Å². The highest BCUT2D eigenvalue weighted by molar-refractivity contribution is 9.10. The molecule has 0 atom stereocenters. The van der Waals surface area contributed by atoms with E-state index in [4.69, 9.17) is 23.2 Å². The van der Waals surface area contributed by atoms with E-state index in [1.165, 1.54) is 4.88 Å². The van der Waals surface area contributed by atoms with E-state index in [1.54, 1.807) is 17.4 Å². The van der Waals surface area contributed by atoms with Crippen LogP contribution in [-0.2, 0) is 6.54 Å². The van der Waals surface area contributed by atoms with E-state index in [-0.39, 0.29) is 0 Å². The summed E-state index contributed by atoms with van der Waals surface area (Å²) in [5.41, 5.74) is 0.860. The first kappa shape index (κ1) is 12.2. The topological polar surface area (TPSA) is 12.0 Å². The number of thiophene rings is 1. The van der Waals surface area contributed by atoms with E-state index in [1.807, 2.05) is 12.1 Å². The maximum Gasteiger partial charge on any atom is 0.0823 e. The van der Waals surface area contributed by atoms with E-state index >= 15 is 0 Å². The molecule has 0 amide bonds. The fourth-order valence-corrected chi connectivity index (χ4v) is 3.03. The molecule has 16 heavy (non-hydrogen) atoms. The fourth-order valence-electron chi connectivity index (χ4n) is 1.27. The smallest absolute Gasteiger partial charge is 0.0823 e. The summed E-state index contributed by atoms with van der Waals surface area (Å²) >= 11 is 17.1. The van der Waals surface area contributed by atoms with E-state index in [9.17, 15) is 0 Å². The maximum atomic E-state index is 6.06. The maximum absolute atomic E-state index is 6.06. The van der Waals surface area contributed by atoms with Crippen molar-refractivity contribution in [3.63, 3.8) is 0 Å². The zero-order valence-corrected chi connectivity index (χ0v) is 12.1. The van der Waals surface area contributed by atoms with Crippen molar-refractivity contribution in [2.75, 3.05) is 5.32 Å². The molecule has 0 aliphatic heterocycles. The Morgan fingerprint density at radius 1 is 1.31 bits per heavy atom. The third kappa shape index (κ3) is 2.92. The van der Waals surface area contributed by atoms with Gasteiger partial charge in [-0.2, -0.15) is 0 Å². The molecule has 0 aliphatic carbocycles. The first-order valence-corrected chi connectivity index (χ1v) is 7.00. The molecule has 0 spiro atoms. The number of anilines is 1. The minimum absolute atomic E-state index is 0.569. The number of benzene rings is 1. The lowest BCUT2D eigenvalue weighted by atomic mass is 10.3. The van der Waals surface area contributed by atoms with Gasteiger partial charge in [0.1, 0.15) is 0 Å². The van der Waals surface area contributed by atoms with Crippen molar-refractivity contribution in [2.24, 2.45) is 0 Å². The Morgan fingerprint density at radius 3 is 2.81 bits per heavy atom. The predicted molar refractivity (Wildman–Crippen MR) is 75.8 cm³/mol. The summed E-state index contributed by atoms with van der Waals surface area (Å²) in [5.74, 6) is 0. The van der Waals surface area contributed by atoms with Gasteiger partial charge in [-0.1, -0.05) is 29.3 Å². The summed E-state index contributed by atoms with van der Waals surface area (Å²) in [6, 6.07) is 7.64. The van der Waals surface area contributed by atoms with Crippen LogP contribution in [0.1, 0.15) is 4.88 Å². The van der Waals surface area contributed by atoms with E-state index < -0.39 is 0 Å². The third-order valence-electron chi connectivity index (χ3n) is 2.03. The van der Waals surface area contributed by atoms with Crippen LogP contribution in [0, 0.1) is 0 Å². The summed E-state index contributed by atoms with van der Waals surface area (Å²) in [4.78, 5) is 1.24. The second-order valence-corrected chi connectivity index (χ2v) is 5.88. The SMILES string of the molecule is Clc1cccc(NCc2cc(Br)cs2)c1Cl. The monoisotopic (exact) mass is 335 g/mol. The third-order valence-corrected chi connectivity index (χ3v) is 4.54. The molecule has 1 heterocycles. The number of rotatable bonds is 3. The van der Waals surface area contributed by atoms with E-state index in [2.05, 4.69) is 32.7 Å². The number of halogens is 3. The van der Waals surface area contributed by atoms with Crippen molar-refractivity contribution in [1.82, 2.24) is 0 Å². The molecule has 0 radical (unpaired) electrons. The Labute approximate surface area is 117 Å². The summed E-state index contributed by atoms with van der Waals surface area (Å²) < 4.78 is 1.10. The van der Waals surface area contributed by atoms with Gasteiger partial charge in [-0.3, -0.25) is 0 Å². The Balaban J connectivity index is 2.07. The van der Waals surface area contributed by atoms with E-state index in [0.29, 0.717) is 10.0 Å². The van der Waals surface area contributed by atoms with Crippen molar-refractivity contribution >= 4 is 56.2 Å². The van der Waals surface area contributed by atoms with Gasteiger partial charge in [0, 0.05) is 21.3 Å². The lowest BCUT2D eigenvalue weighted by Crippen LogP contribution is -1.97. The summed E-state index contributed by atoms with van der Waals surface area (Å²) in [5, 5.41) is 6.45. The van der Waals surface area contributed by atoms with Crippen LogP contribution in [0.5, 0.6) is 0 Å². The van der Waals surface area contributed by atoms with Crippen molar-refractivity contribution in [3.8, 4) is 0 Å². The summed E-state index contributed by atoms with van der Waals surface area (Å²) in [7, 11) is 0. The summed E-state index contributed by atoms with van der Waals surface area (Å²) in [6.45, 7) is 0.746. The zero-order valence-electron chi connectivity index (χ0n) is 8.14. The number of hydrogen-bond donors (Lipinski definition) is 1. The quantitative estimate of drug-likeness (QED) is 0.788. The van der Waals surface area contributed by atoms with Crippen LogP contribution in [0.25, 0.3) is 0 Å². The first-order valence-electron chi connectivity index (χ1n) is 4.57. The molecule has 0 unspecified atom stereocenters. The van der Waals surface area contributed by atoms with Gasteiger partial charge in [-0.05, 0) is 34.1 Å². The van der Waals surface area contributed by atoms with Crippen LogP contribution in [0.4, 0.5) is 5.69 Å². The Morgan fingerprint density at radius 2 is 2.12 bits per heavy atom. The van der Waals surface area contributed by atoms with Crippen LogP contribution in [0.2, 0.25) is 10.0 Å². The second kappa shape index (κ2) is 5.41. The molecular formula is C11H8BrCl2NS. The highest BCUT2D eigenvalue weighted by atomic mass is 79.9. The Kier molecular flexibility index (Phi) is 4.14. The first-order chi connectivity index (χ1) is 7.66. The minimum atomic E-state index is 0.569. The highest BCUT2D eigenvalue weighted by Crippen LogP contribution is 2.30. The van der Waals surface area contributed by atoms with Gasteiger partial charge in [0.2, 0.25) is 0 Å².